The molecule has 0 amide bonds. The molecule has 22 heteroatoms. The minimum absolute atomic E-state index is 0. The molecule has 4 heterocycles. The van der Waals surface area contributed by atoms with Crippen LogP contribution in [0.3, 0.4) is 0 Å². The van der Waals surface area contributed by atoms with Crippen molar-refractivity contribution in [2.45, 2.75) is 159 Å². The molecule has 0 aliphatic rings. The SMILES string of the molecule is CC.CC.CC.CC.CC.CC.CC.CC.CC.CNc1nc(Nc2ccccc2)ncc1C.Cc1ccccc1.Cc1cnc(N)[nH]c1=O.Cc1cnc(Nc2ccccc2)[nH]c1=O.Cc1cnc(Nc2ccccc2)nc1Cl.O=P(Cl)(Cl)Cl.[CH3-].[Y]. The van der Waals surface area contributed by atoms with Crippen LogP contribution in [0.15, 0.2) is 156 Å². The predicted octanol–water partition coefficient (Wildman–Crippen LogP) is 21.7. The molecule has 1 radical (unpaired) electrons. The van der Waals surface area contributed by atoms with Crippen LogP contribution in [0.5, 0.6) is 0 Å². The number of nitrogens with two attached hydrogens (primary N) is 1. The van der Waals surface area contributed by atoms with E-state index in [1.54, 1.807) is 32.4 Å². The standard InChI is InChI=1S/C12H14N4.C11H10ClN3.C11H11N3O.C7H8.C5H7N3O.9C2H6.CH3.Cl3OP.Y/c1-9-8-14-12(16-11(9)13-2)15-10-6-4-3-5-7-10;1-8-7-13-11(15-10(8)12)14-9-5-3-2-4-6-9;1-8-7-12-11(14-10(8)15)13-9-5-3-2-4-6-9;1-7-5-3-2-4-6-7;1-3-2-7-5(6)8-4(3)9;9*1-2;;1-5(2,3)4;/h3-8H,1-2H3,(H2,13,14,15,16);2-7H,1H3,(H,13,14,15);2-7H,1H3,(H2,12,13,14,15);2-6H,1H3;2H,1H3,(H3,6,7,8,9);9*1-2H3;1H3;;/q;;;;;;;;;;;;;;-1;;. The zero-order chi connectivity index (χ0) is 67.2. The molecule has 4 aromatic heterocycles. The van der Waals surface area contributed by atoms with Gasteiger partial charge in [0.2, 0.25) is 17.8 Å². The molecule has 8 rings (SSSR count). The second-order valence-corrected chi connectivity index (χ2v) is 20.7. The number of nitrogen functional groups attached to an aromatic ring is 1. The number of rotatable bonds is 7. The van der Waals surface area contributed by atoms with Gasteiger partial charge in [0.05, 0.1) is 0 Å². The molecule has 0 saturated heterocycles. The Bertz CT molecular complexity index is 2870. The molecule has 0 bridgehead atoms. The van der Waals surface area contributed by atoms with Gasteiger partial charge in [-0.05, 0) is 105 Å². The molecule has 16 nitrogen and oxygen atoms in total. The zero-order valence-corrected chi connectivity index (χ0v) is 63.6. The first-order valence-corrected chi connectivity index (χ1v) is 33.7. The molecule has 8 aromatic rings. The van der Waals surface area contributed by atoms with Crippen LogP contribution < -0.4 is 38.1 Å². The summed E-state index contributed by atoms with van der Waals surface area (Å²) in [6, 6.07) is 39.4. The molecule has 0 aliphatic heterocycles. The fourth-order valence-corrected chi connectivity index (χ4v) is 4.85. The number of nitrogens with zero attached hydrogens (tertiary/aromatic N) is 6. The van der Waals surface area contributed by atoms with Crippen molar-refractivity contribution < 1.29 is 37.3 Å². The van der Waals surface area contributed by atoms with Crippen LogP contribution in [0.1, 0.15) is 152 Å². The minimum atomic E-state index is -3.22. The Kier molecular flexibility index (Phi) is 81.9. The molecule has 0 spiro atoms. The normalized spacial score (nSPS) is 8.23. The molecule has 0 aliphatic carbocycles. The molecule has 4 aromatic carbocycles. The van der Waals surface area contributed by atoms with E-state index in [1.807, 2.05) is 255 Å². The number of nitrogens with one attached hydrogen (secondary N) is 6. The Morgan fingerprint density at radius 1 is 0.437 bits per heavy atom. The fourth-order valence-electron chi connectivity index (χ4n) is 4.72. The topological polar surface area (TPSA) is 234 Å². The number of anilines is 8. The van der Waals surface area contributed by atoms with Crippen molar-refractivity contribution in [2.24, 2.45) is 0 Å². The van der Waals surface area contributed by atoms with E-state index in [2.05, 4.69) is 114 Å². The van der Waals surface area contributed by atoms with Crippen molar-refractivity contribution >= 4 is 97.2 Å². The Morgan fingerprint density at radius 3 is 1.03 bits per heavy atom. The maximum Gasteiger partial charge on any atom is 0.339 e. The predicted molar refractivity (Wildman–Crippen MR) is 386 cm³/mol. The first kappa shape index (κ1) is 100. The maximum atomic E-state index is 11.3. The average molecular weight is 1380 g/mol. The summed E-state index contributed by atoms with van der Waals surface area (Å²) in [6.07, 6.45) is 6.48. The van der Waals surface area contributed by atoms with Crippen molar-refractivity contribution in [3.63, 3.8) is 0 Å². The van der Waals surface area contributed by atoms with Crippen LogP contribution in [0.25, 0.3) is 0 Å². The van der Waals surface area contributed by atoms with Crippen LogP contribution in [0.2, 0.25) is 5.15 Å². The van der Waals surface area contributed by atoms with Gasteiger partial charge in [-0.3, -0.25) is 24.1 Å². The Hall–Kier alpha value is -5.71. The van der Waals surface area contributed by atoms with Crippen LogP contribution in [0.4, 0.5) is 46.7 Å². The van der Waals surface area contributed by atoms with Gasteiger partial charge in [-0.1, -0.05) is 227 Å². The Morgan fingerprint density at radius 2 is 0.736 bits per heavy atom. The number of hydrogen-bond acceptors (Lipinski definition) is 14. The van der Waals surface area contributed by atoms with Gasteiger partial charge in [0.1, 0.15) is 11.0 Å². The molecular formula is C65H107Cl4N13O3PY-. The van der Waals surface area contributed by atoms with Gasteiger partial charge in [0, 0.05) is 104 Å². The summed E-state index contributed by atoms with van der Waals surface area (Å²) in [5.41, 5.74) is 12.1. The molecule has 87 heavy (non-hydrogen) atoms. The van der Waals surface area contributed by atoms with E-state index in [0.717, 1.165) is 34.0 Å². The van der Waals surface area contributed by atoms with E-state index < -0.39 is 5.20 Å². The van der Waals surface area contributed by atoms with Gasteiger partial charge in [0.15, 0.2) is 5.95 Å². The van der Waals surface area contributed by atoms with Crippen molar-refractivity contribution in [1.29, 1.82) is 0 Å². The van der Waals surface area contributed by atoms with Gasteiger partial charge >= 0.3 is 5.20 Å². The van der Waals surface area contributed by atoms with Crippen molar-refractivity contribution in [3.8, 4) is 0 Å². The number of aryl methyl sites for hydroxylation is 5. The van der Waals surface area contributed by atoms with E-state index in [1.165, 1.54) is 11.8 Å². The third-order valence-corrected chi connectivity index (χ3v) is 8.51. The van der Waals surface area contributed by atoms with E-state index in [0.29, 0.717) is 34.1 Å². The van der Waals surface area contributed by atoms with Gasteiger partial charge in [-0.15, -0.1) is 0 Å². The number of H-pyrrole nitrogens is 2. The number of hydrogen-bond donors (Lipinski definition) is 7. The van der Waals surface area contributed by atoms with E-state index >= 15 is 0 Å². The van der Waals surface area contributed by atoms with Crippen LogP contribution >= 0.6 is 50.5 Å². The van der Waals surface area contributed by atoms with Gasteiger partial charge < -0.3 is 34.4 Å². The van der Waals surface area contributed by atoms with Gasteiger partial charge in [-0.2, -0.15) is 4.98 Å². The second kappa shape index (κ2) is 71.1. The van der Waals surface area contributed by atoms with E-state index in [-0.39, 0.29) is 57.2 Å². The summed E-state index contributed by atoms with van der Waals surface area (Å²) in [7, 11) is 1.85. The van der Waals surface area contributed by atoms with Crippen LogP contribution in [0, 0.1) is 42.0 Å². The summed E-state index contributed by atoms with van der Waals surface area (Å²) in [5, 5.41) is 9.50. The maximum absolute atomic E-state index is 11.3. The number of aromatic nitrogens is 8. The summed E-state index contributed by atoms with van der Waals surface area (Å²) < 4.78 is 9.51. The summed E-state index contributed by atoms with van der Waals surface area (Å²) in [6.45, 7) is 45.3. The Balaban J connectivity index is -0.000000116. The third-order valence-electron chi connectivity index (χ3n) is 8.13. The number of aromatic amines is 2. The average Bonchev–Trinajstić information content (AvgIpc) is 3.70. The van der Waals surface area contributed by atoms with Crippen molar-refractivity contribution in [3.05, 3.63) is 207 Å². The number of halogens is 4. The van der Waals surface area contributed by atoms with Crippen LogP contribution in [-0.4, -0.2) is 46.9 Å². The molecule has 0 saturated carbocycles. The van der Waals surface area contributed by atoms with Gasteiger partial charge in [-0.25, -0.2) is 24.9 Å². The van der Waals surface area contributed by atoms with Crippen molar-refractivity contribution in [2.75, 3.05) is 34.0 Å². The second-order valence-electron chi connectivity index (χ2n) is 13.7. The quantitative estimate of drug-likeness (QED) is 0.0447. The minimum Gasteiger partial charge on any atom is -0.373 e. The third kappa shape index (κ3) is 57.8. The monoisotopic (exact) mass is 1380 g/mol. The first-order chi connectivity index (χ1) is 40.9. The fraction of sp³-hybridized carbons (Fsp3) is 0.369. The molecule has 8 N–H and O–H groups in total. The molecule has 0 fully saturated rings. The number of para-hydroxylation sites is 3. The van der Waals surface area contributed by atoms with Gasteiger partial charge in [0.25, 0.3) is 11.1 Å². The largest absolute Gasteiger partial charge is 0.373 e. The molecule has 487 valence electrons. The summed E-state index contributed by atoms with van der Waals surface area (Å²) in [5.74, 6) is 2.56. The molecule has 0 unspecified atom stereocenters. The zero-order valence-electron chi connectivity index (χ0n) is 56.9. The van der Waals surface area contributed by atoms with E-state index in [9.17, 15) is 14.2 Å². The van der Waals surface area contributed by atoms with Crippen molar-refractivity contribution in [1.82, 2.24) is 39.9 Å². The summed E-state index contributed by atoms with van der Waals surface area (Å²) >= 11 is 19.7. The molecule has 0 atom stereocenters. The van der Waals surface area contributed by atoms with Crippen LogP contribution in [-0.2, 0) is 37.3 Å². The molecular weight excluding hydrogens is 1270 g/mol. The smallest absolute Gasteiger partial charge is 0.339 e. The Labute approximate surface area is 570 Å². The van der Waals surface area contributed by atoms with E-state index in [4.69, 9.17) is 17.3 Å². The first-order valence-electron chi connectivity index (χ1n) is 28.9. The number of benzene rings is 4. The summed E-state index contributed by atoms with van der Waals surface area (Å²) in [4.78, 5) is 51.5.